The zero-order valence-corrected chi connectivity index (χ0v) is 13.6. The Labute approximate surface area is 117 Å². The van der Waals surface area contributed by atoms with Gasteiger partial charge in [0.25, 0.3) is 0 Å². The molecule has 1 aromatic rings. The Hall–Kier alpha value is 0.140. The molecule has 0 bridgehead atoms. The summed E-state index contributed by atoms with van der Waals surface area (Å²) in [5.41, 5.74) is -0.549. The van der Waals surface area contributed by atoms with Crippen LogP contribution in [0.4, 0.5) is 0 Å². The van der Waals surface area contributed by atoms with Gasteiger partial charge < -0.3 is 5.11 Å². The Morgan fingerprint density at radius 1 is 1.18 bits per heavy atom. The molecule has 0 saturated heterocycles. The van der Waals surface area contributed by atoms with Crippen molar-refractivity contribution in [2.45, 2.75) is 52.6 Å². The first-order valence-corrected chi connectivity index (χ1v) is 7.88. The van der Waals surface area contributed by atoms with Crippen molar-refractivity contribution in [3.05, 3.63) is 20.8 Å². The van der Waals surface area contributed by atoms with Crippen LogP contribution >= 0.6 is 27.3 Å². The van der Waals surface area contributed by atoms with Crippen molar-refractivity contribution in [2.24, 2.45) is 11.8 Å². The maximum Gasteiger partial charge on any atom is 0.0701 e. The van der Waals surface area contributed by atoms with Crippen LogP contribution in [0.5, 0.6) is 0 Å². The van der Waals surface area contributed by atoms with Crippen LogP contribution in [-0.4, -0.2) is 10.7 Å². The Morgan fingerprint density at radius 3 is 2.06 bits per heavy atom. The van der Waals surface area contributed by atoms with Crippen molar-refractivity contribution < 1.29 is 5.11 Å². The molecule has 0 saturated carbocycles. The molecule has 0 amide bonds. The van der Waals surface area contributed by atoms with Gasteiger partial charge in [-0.2, -0.15) is 0 Å². The predicted octanol–water partition coefficient (Wildman–Crippen LogP) is 4.88. The third-order valence-electron chi connectivity index (χ3n) is 2.71. The van der Waals surface area contributed by atoms with Crippen LogP contribution < -0.4 is 0 Å². The van der Waals surface area contributed by atoms with E-state index >= 15 is 0 Å². The predicted molar refractivity (Wildman–Crippen MR) is 79.6 cm³/mol. The third-order valence-corrected chi connectivity index (χ3v) is 4.33. The quantitative estimate of drug-likeness (QED) is 0.792. The molecule has 1 rings (SSSR count). The molecular formula is C14H23BrOS. The highest BCUT2D eigenvalue weighted by atomic mass is 79.9. The standard InChI is InChI=1S/C14H23BrOS/c1-10(2)7-14(16,8-11(3)4)9-12-5-6-13(15)17-12/h5-6,10-11,16H,7-9H2,1-4H3. The molecule has 0 unspecified atom stereocenters. The van der Waals surface area contributed by atoms with E-state index in [0.717, 1.165) is 23.0 Å². The molecule has 1 heterocycles. The smallest absolute Gasteiger partial charge is 0.0701 e. The number of rotatable bonds is 6. The summed E-state index contributed by atoms with van der Waals surface area (Å²) >= 11 is 5.20. The van der Waals surface area contributed by atoms with Gasteiger partial charge in [0.15, 0.2) is 0 Å². The molecular weight excluding hydrogens is 296 g/mol. The first-order valence-electron chi connectivity index (χ1n) is 6.27. The fourth-order valence-corrected chi connectivity index (χ4v) is 4.14. The Balaban J connectivity index is 2.75. The maximum absolute atomic E-state index is 10.8. The fourth-order valence-electron chi connectivity index (χ4n) is 2.52. The van der Waals surface area contributed by atoms with Crippen LogP contribution in [0, 0.1) is 11.8 Å². The van der Waals surface area contributed by atoms with Gasteiger partial charge >= 0.3 is 0 Å². The van der Waals surface area contributed by atoms with E-state index in [2.05, 4.69) is 55.8 Å². The number of hydrogen-bond donors (Lipinski definition) is 1. The second-order valence-electron chi connectivity index (χ2n) is 5.80. The SMILES string of the molecule is CC(C)CC(O)(Cc1ccc(Br)s1)CC(C)C. The monoisotopic (exact) mass is 318 g/mol. The lowest BCUT2D eigenvalue weighted by molar-refractivity contribution is 0.00143. The molecule has 1 N–H and O–H groups in total. The fraction of sp³-hybridized carbons (Fsp3) is 0.714. The number of aliphatic hydroxyl groups is 1. The Morgan fingerprint density at radius 2 is 1.71 bits per heavy atom. The first kappa shape index (κ1) is 15.2. The third kappa shape index (κ3) is 5.54. The molecule has 17 heavy (non-hydrogen) atoms. The Kier molecular flexibility index (Phi) is 5.68. The van der Waals surface area contributed by atoms with E-state index in [1.807, 2.05) is 0 Å². The largest absolute Gasteiger partial charge is 0.389 e. The molecule has 3 heteroatoms. The van der Waals surface area contributed by atoms with E-state index in [1.165, 1.54) is 4.88 Å². The lowest BCUT2D eigenvalue weighted by atomic mass is 9.82. The lowest BCUT2D eigenvalue weighted by Crippen LogP contribution is -2.34. The van der Waals surface area contributed by atoms with Gasteiger partial charge in [0.05, 0.1) is 9.39 Å². The van der Waals surface area contributed by atoms with Gasteiger partial charge in [0, 0.05) is 11.3 Å². The van der Waals surface area contributed by atoms with E-state index in [0.29, 0.717) is 11.8 Å². The second kappa shape index (κ2) is 6.35. The van der Waals surface area contributed by atoms with Crippen LogP contribution in [-0.2, 0) is 6.42 Å². The van der Waals surface area contributed by atoms with Gasteiger partial charge in [-0.05, 0) is 52.7 Å². The summed E-state index contributed by atoms with van der Waals surface area (Å²) in [6.45, 7) is 8.70. The van der Waals surface area contributed by atoms with E-state index in [4.69, 9.17) is 0 Å². The molecule has 1 nitrogen and oxygen atoms in total. The average Bonchev–Trinajstić information content (AvgIpc) is 2.46. The number of hydrogen-bond acceptors (Lipinski definition) is 2. The molecule has 0 spiro atoms. The normalized spacial score (nSPS) is 12.7. The summed E-state index contributed by atoms with van der Waals surface area (Å²) in [5.74, 6) is 1.06. The average molecular weight is 319 g/mol. The maximum atomic E-state index is 10.8. The summed E-state index contributed by atoms with van der Waals surface area (Å²) < 4.78 is 1.14. The molecule has 1 aromatic heterocycles. The van der Waals surface area contributed by atoms with Crippen molar-refractivity contribution in [3.8, 4) is 0 Å². The molecule has 0 fully saturated rings. The zero-order valence-electron chi connectivity index (χ0n) is 11.2. The summed E-state index contributed by atoms with van der Waals surface area (Å²) in [5, 5.41) is 10.8. The minimum Gasteiger partial charge on any atom is -0.389 e. The molecule has 0 aromatic carbocycles. The number of thiophene rings is 1. The Bertz CT molecular complexity index is 334. The topological polar surface area (TPSA) is 20.2 Å². The highest BCUT2D eigenvalue weighted by Crippen LogP contribution is 2.32. The van der Waals surface area contributed by atoms with Crippen LogP contribution in [0.2, 0.25) is 0 Å². The highest BCUT2D eigenvalue weighted by Gasteiger charge is 2.29. The molecule has 0 aliphatic carbocycles. The van der Waals surface area contributed by atoms with Gasteiger partial charge in [0.2, 0.25) is 0 Å². The molecule has 0 aliphatic rings. The van der Waals surface area contributed by atoms with Crippen LogP contribution in [0.3, 0.4) is 0 Å². The summed E-state index contributed by atoms with van der Waals surface area (Å²) in [7, 11) is 0. The second-order valence-corrected chi connectivity index (χ2v) is 8.35. The van der Waals surface area contributed by atoms with E-state index < -0.39 is 5.60 Å². The zero-order chi connectivity index (χ0) is 13.1. The minimum atomic E-state index is -0.549. The van der Waals surface area contributed by atoms with Gasteiger partial charge in [-0.3, -0.25) is 0 Å². The van der Waals surface area contributed by atoms with Crippen molar-refractivity contribution >= 4 is 27.3 Å². The summed E-state index contributed by atoms with van der Waals surface area (Å²) in [4.78, 5) is 1.26. The number of halogens is 1. The molecule has 0 radical (unpaired) electrons. The van der Waals surface area contributed by atoms with Gasteiger partial charge in [-0.25, -0.2) is 0 Å². The van der Waals surface area contributed by atoms with E-state index in [9.17, 15) is 5.11 Å². The first-order chi connectivity index (χ1) is 7.81. The van der Waals surface area contributed by atoms with Crippen molar-refractivity contribution in [2.75, 3.05) is 0 Å². The van der Waals surface area contributed by atoms with Crippen molar-refractivity contribution in [3.63, 3.8) is 0 Å². The van der Waals surface area contributed by atoms with Gasteiger partial charge in [-0.1, -0.05) is 27.7 Å². The van der Waals surface area contributed by atoms with Crippen molar-refractivity contribution in [1.29, 1.82) is 0 Å². The van der Waals surface area contributed by atoms with E-state index in [1.54, 1.807) is 11.3 Å². The van der Waals surface area contributed by atoms with Crippen LogP contribution in [0.25, 0.3) is 0 Å². The summed E-state index contributed by atoms with van der Waals surface area (Å²) in [6.07, 6.45) is 2.53. The van der Waals surface area contributed by atoms with Crippen molar-refractivity contribution in [1.82, 2.24) is 0 Å². The van der Waals surface area contributed by atoms with E-state index in [-0.39, 0.29) is 0 Å². The van der Waals surface area contributed by atoms with Crippen LogP contribution in [0.1, 0.15) is 45.4 Å². The summed E-state index contributed by atoms with van der Waals surface area (Å²) in [6, 6.07) is 4.17. The molecule has 0 aliphatic heterocycles. The van der Waals surface area contributed by atoms with Gasteiger partial charge in [-0.15, -0.1) is 11.3 Å². The molecule has 98 valence electrons. The minimum absolute atomic E-state index is 0.530. The van der Waals surface area contributed by atoms with Crippen LogP contribution in [0.15, 0.2) is 15.9 Å². The molecule has 0 atom stereocenters. The van der Waals surface area contributed by atoms with Gasteiger partial charge in [0.1, 0.15) is 0 Å². The lowest BCUT2D eigenvalue weighted by Gasteiger charge is -2.31. The highest BCUT2D eigenvalue weighted by molar-refractivity contribution is 9.11.